The van der Waals surface area contributed by atoms with Crippen molar-refractivity contribution in [1.82, 2.24) is 5.32 Å². The molecular weight excluding hydrogens is 264 g/mol. The molecule has 2 N–H and O–H groups in total. The zero-order valence-corrected chi connectivity index (χ0v) is 13.2. The Balaban J connectivity index is 1.81. The highest BCUT2D eigenvalue weighted by atomic mass is 16.5. The van der Waals surface area contributed by atoms with Crippen molar-refractivity contribution in [2.24, 2.45) is 0 Å². The van der Waals surface area contributed by atoms with Crippen LogP contribution in [0, 0.1) is 0 Å². The summed E-state index contributed by atoms with van der Waals surface area (Å²) in [6, 6.07) is 9.29. The lowest BCUT2D eigenvalue weighted by atomic mass is 9.99. The predicted octanol–water partition coefficient (Wildman–Crippen LogP) is 3.04. The molecule has 0 radical (unpaired) electrons. The normalized spacial score (nSPS) is 22.0. The van der Waals surface area contributed by atoms with E-state index in [1.54, 1.807) is 0 Å². The molecule has 0 bridgehead atoms. The molecular formula is C17H28N2O2. The molecule has 0 spiro atoms. The summed E-state index contributed by atoms with van der Waals surface area (Å²) in [6.45, 7) is 7.15. The van der Waals surface area contributed by atoms with Crippen molar-refractivity contribution in [2.75, 3.05) is 31.7 Å². The van der Waals surface area contributed by atoms with Gasteiger partial charge in [-0.2, -0.15) is 0 Å². The summed E-state index contributed by atoms with van der Waals surface area (Å²) in [4.78, 5) is 0. The molecule has 1 saturated heterocycles. The Morgan fingerprint density at radius 3 is 2.90 bits per heavy atom. The van der Waals surface area contributed by atoms with E-state index < -0.39 is 0 Å². The zero-order valence-electron chi connectivity index (χ0n) is 13.2. The summed E-state index contributed by atoms with van der Waals surface area (Å²) in [5, 5.41) is 7.16. The van der Waals surface area contributed by atoms with Crippen molar-refractivity contribution < 1.29 is 9.47 Å². The largest absolute Gasteiger partial charge is 0.489 e. The van der Waals surface area contributed by atoms with Crippen LogP contribution in [0.1, 0.15) is 33.1 Å². The second-order valence-corrected chi connectivity index (χ2v) is 5.62. The topological polar surface area (TPSA) is 42.5 Å². The molecule has 2 atom stereocenters. The number of para-hydroxylation sites is 2. The van der Waals surface area contributed by atoms with Crippen LogP contribution in [-0.2, 0) is 4.74 Å². The first-order valence-corrected chi connectivity index (χ1v) is 8.09. The molecule has 118 valence electrons. The van der Waals surface area contributed by atoms with Crippen LogP contribution in [0.5, 0.6) is 5.75 Å². The fraction of sp³-hybridized carbons (Fsp3) is 0.647. The van der Waals surface area contributed by atoms with Gasteiger partial charge < -0.3 is 20.1 Å². The standard InChI is InChI=1S/C17H28N2O2/c1-3-20-11-12-21-17-10-5-4-9-16(17)18-13-15-8-6-7-14(2)19-15/h4-5,9-10,14-15,18-19H,3,6-8,11-13H2,1-2H3. The molecule has 1 aromatic carbocycles. The third-order valence-electron chi connectivity index (χ3n) is 3.83. The van der Waals surface area contributed by atoms with E-state index in [0.29, 0.717) is 25.3 Å². The average molecular weight is 292 g/mol. The Labute approximate surface area is 128 Å². The maximum absolute atomic E-state index is 5.79. The summed E-state index contributed by atoms with van der Waals surface area (Å²) >= 11 is 0. The van der Waals surface area contributed by atoms with Crippen molar-refractivity contribution in [1.29, 1.82) is 0 Å². The molecule has 1 aromatic rings. The second-order valence-electron chi connectivity index (χ2n) is 5.62. The summed E-state index contributed by atoms with van der Waals surface area (Å²) in [5.41, 5.74) is 1.06. The van der Waals surface area contributed by atoms with E-state index in [1.165, 1.54) is 19.3 Å². The number of benzene rings is 1. The lowest BCUT2D eigenvalue weighted by molar-refractivity contribution is 0.110. The molecule has 1 aliphatic heterocycles. The molecule has 21 heavy (non-hydrogen) atoms. The van der Waals surface area contributed by atoms with Crippen LogP contribution in [0.4, 0.5) is 5.69 Å². The van der Waals surface area contributed by atoms with Crippen LogP contribution in [0.15, 0.2) is 24.3 Å². The van der Waals surface area contributed by atoms with Crippen LogP contribution < -0.4 is 15.4 Å². The predicted molar refractivity (Wildman–Crippen MR) is 87.2 cm³/mol. The fourth-order valence-electron chi connectivity index (χ4n) is 2.73. The molecule has 1 heterocycles. The van der Waals surface area contributed by atoms with E-state index in [-0.39, 0.29) is 0 Å². The van der Waals surface area contributed by atoms with Crippen LogP contribution in [0.25, 0.3) is 0 Å². The summed E-state index contributed by atoms with van der Waals surface area (Å²) in [7, 11) is 0. The van der Waals surface area contributed by atoms with Gasteiger partial charge in [-0.15, -0.1) is 0 Å². The van der Waals surface area contributed by atoms with Gasteiger partial charge in [0.05, 0.1) is 12.3 Å². The summed E-state index contributed by atoms with van der Waals surface area (Å²) in [5.74, 6) is 0.904. The molecule has 0 saturated carbocycles. The average Bonchev–Trinajstić information content (AvgIpc) is 2.50. The van der Waals surface area contributed by atoms with Crippen LogP contribution in [0.2, 0.25) is 0 Å². The quantitative estimate of drug-likeness (QED) is 0.723. The monoisotopic (exact) mass is 292 g/mol. The zero-order chi connectivity index (χ0) is 14.9. The number of anilines is 1. The van der Waals surface area contributed by atoms with E-state index in [4.69, 9.17) is 9.47 Å². The SMILES string of the molecule is CCOCCOc1ccccc1NCC1CCCC(C)N1. The van der Waals surface area contributed by atoms with Gasteiger partial charge in [-0.1, -0.05) is 18.6 Å². The van der Waals surface area contributed by atoms with Crippen LogP contribution in [-0.4, -0.2) is 38.4 Å². The van der Waals surface area contributed by atoms with Gasteiger partial charge in [0.15, 0.2) is 0 Å². The van der Waals surface area contributed by atoms with Gasteiger partial charge in [0.2, 0.25) is 0 Å². The minimum absolute atomic E-state index is 0.547. The van der Waals surface area contributed by atoms with Crippen LogP contribution >= 0.6 is 0 Å². The number of hydrogen-bond donors (Lipinski definition) is 2. The number of ether oxygens (including phenoxy) is 2. The van der Waals surface area contributed by atoms with Gasteiger partial charge in [0, 0.05) is 25.2 Å². The molecule has 0 amide bonds. The lowest BCUT2D eigenvalue weighted by Crippen LogP contribution is -2.44. The van der Waals surface area contributed by atoms with Crippen molar-refractivity contribution in [3.8, 4) is 5.75 Å². The Morgan fingerprint density at radius 1 is 1.24 bits per heavy atom. The highest BCUT2D eigenvalue weighted by Crippen LogP contribution is 2.24. The Hall–Kier alpha value is -1.26. The smallest absolute Gasteiger partial charge is 0.142 e. The van der Waals surface area contributed by atoms with Crippen molar-refractivity contribution in [3.63, 3.8) is 0 Å². The van der Waals surface area contributed by atoms with Crippen molar-refractivity contribution in [3.05, 3.63) is 24.3 Å². The highest BCUT2D eigenvalue weighted by molar-refractivity contribution is 5.56. The Kier molecular flexibility index (Phi) is 6.83. The number of rotatable bonds is 8. The Bertz CT molecular complexity index is 412. The van der Waals surface area contributed by atoms with Crippen molar-refractivity contribution >= 4 is 5.69 Å². The van der Waals surface area contributed by atoms with E-state index in [2.05, 4.69) is 23.6 Å². The van der Waals surface area contributed by atoms with E-state index in [1.807, 2.05) is 25.1 Å². The molecule has 4 nitrogen and oxygen atoms in total. The third kappa shape index (κ3) is 5.56. The third-order valence-corrected chi connectivity index (χ3v) is 3.83. The number of piperidine rings is 1. The number of nitrogens with one attached hydrogen (secondary N) is 2. The summed E-state index contributed by atoms with van der Waals surface area (Å²) < 4.78 is 11.1. The molecule has 2 rings (SSSR count). The highest BCUT2D eigenvalue weighted by Gasteiger charge is 2.17. The van der Waals surface area contributed by atoms with Gasteiger partial charge >= 0.3 is 0 Å². The molecule has 0 aromatic heterocycles. The number of hydrogen-bond acceptors (Lipinski definition) is 4. The lowest BCUT2D eigenvalue weighted by Gasteiger charge is -2.29. The first-order chi connectivity index (χ1) is 10.3. The molecule has 2 unspecified atom stereocenters. The van der Waals surface area contributed by atoms with Gasteiger partial charge in [0.25, 0.3) is 0 Å². The van der Waals surface area contributed by atoms with E-state index >= 15 is 0 Å². The summed E-state index contributed by atoms with van der Waals surface area (Å²) in [6.07, 6.45) is 3.84. The van der Waals surface area contributed by atoms with E-state index in [0.717, 1.165) is 24.6 Å². The van der Waals surface area contributed by atoms with Crippen LogP contribution in [0.3, 0.4) is 0 Å². The molecule has 0 aliphatic carbocycles. The van der Waals surface area contributed by atoms with Crippen molar-refractivity contribution in [2.45, 2.75) is 45.2 Å². The Morgan fingerprint density at radius 2 is 2.10 bits per heavy atom. The maximum Gasteiger partial charge on any atom is 0.142 e. The van der Waals surface area contributed by atoms with Gasteiger partial charge in [0.1, 0.15) is 12.4 Å². The minimum Gasteiger partial charge on any atom is -0.489 e. The van der Waals surface area contributed by atoms with Gasteiger partial charge in [-0.05, 0) is 38.8 Å². The maximum atomic E-state index is 5.79. The molecule has 1 fully saturated rings. The molecule has 4 heteroatoms. The second kappa shape index (κ2) is 8.90. The fourth-order valence-corrected chi connectivity index (χ4v) is 2.73. The minimum atomic E-state index is 0.547. The van der Waals surface area contributed by atoms with Gasteiger partial charge in [-0.3, -0.25) is 0 Å². The van der Waals surface area contributed by atoms with Gasteiger partial charge in [-0.25, -0.2) is 0 Å². The molecule has 1 aliphatic rings. The first-order valence-electron chi connectivity index (χ1n) is 8.09. The van der Waals surface area contributed by atoms with E-state index in [9.17, 15) is 0 Å². The first kappa shape index (κ1) is 16.1.